The molecule has 0 spiro atoms. The molecule has 0 saturated carbocycles. The third-order valence-electron chi connectivity index (χ3n) is 4.93. The summed E-state index contributed by atoms with van der Waals surface area (Å²) in [6.45, 7) is 3.99. The first kappa shape index (κ1) is 23.1. The number of hydrogen-bond donors (Lipinski definition) is 2. The normalized spacial score (nSPS) is 11.1. The van der Waals surface area contributed by atoms with E-state index < -0.39 is 0 Å². The van der Waals surface area contributed by atoms with Crippen LogP contribution in [0.5, 0.6) is 0 Å². The summed E-state index contributed by atoms with van der Waals surface area (Å²) in [5.41, 5.74) is 3.39. The van der Waals surface area contributed by atoms with Crippen molar-refractivity contribution in [3.05, 3.63) is 58.1 Å². The molecular weight excluding hydrogens is 433 g/mol. The number of nitrogens with zero attached hydrogens (tertiary/aromatic N) is 3. The number of halogens is 2. The number of pyridine rings is 1. The van der Waals surface area contributed by atoms with Gasteiger partial charge in [-0.3, -0.25) is 4.79 Å². The number of rotatable bonds is 8. The average Bonchev–Trinajstić information content (AvgIpc) is 2.71. The average molecular weight is 460 g/mol. The lowest BCUT2D eigenvalue weighted by Gasteiger charge is -2.21. The lowest BCUT2D eigenvalue weighted by molar-refractivity contribution is -0.114. The minimum absolute atomic E-state index is 0.0895. The second-order valence-corrected chi connectivity index (χ2v) is 8.62. The van der Waals surface area contributed by atoms with Crippen LogP contribution in [0.3, 0.4) is 0 Å². The predicted octanol–water partition coefficient (Wildman–Crippen LogP) is 4.90. The molecule has 0 aliphatic heterocycles. The molecule has 0 aliphatic rings. The Morgan fingerprint density at radius 3 is 2.52 bits per heavy atom. The SMILES string of the molecule is Cc1cc(N(C)CCN(C)C)nc2ccc(NC(=O)CNc3ccc(Cl)cc3Cl)cc12. The number of nitrogens with one attached hydrogen (secondary N) is 2. The molecule has 0 atom stereocenters. The van der Waals surface area contributed by atoms with E-state index in [1.54, 1.807) is 18.2 Å². The molecular formula is C23H27Cl2N5O. The minimum atomic E-state index is -0.170. The van der Waals surface area contributed by atoms with E-state index in [9.17, 15) is 4.79 Å². The zero-order valence-electron chi connectivity index (χ0n) is 18.2. The highest BCUT2D eigenvalue weighted by atomic mass is 35.5. The summed E-state index contributed by atoms with van der Waals surface area (Å²) in [4.78, 5) is 21.5. The first-order valence-corrected chi connectivity index (χ1v) is 10.7. The lowest BCUT2D eigenvalue weighted by atomic mass is 10.1. The molecule has 0 radical (unpaired) electrons. The zero-order chi connectivity index (χ0) is 22.5. The topological polar surface area (TPSA) is 60.5 Å². The largest absolute Gasteiger partial charge is 0.375 e. The van der Waals surface area contributed by atoms with Gasteiger partial charge in [-0.2, -0.15) is 0 Å². The molecule has 0 unspecified atom stereocenters. The standard InChI is InChI=1S/C23H27Cl2N5O/c1-15-11-22(30(4)10-9-29(2)3)28-20-8-6-17(13-18(15)20)27-23(31)14-26-21-7-5-16(24)12-19(21)25/h5-8,11-13,26H,9-10,14H2,1-4H3,(H,27,31). The van der Waals surface area contributed by atoms with Crippen molar-refractivity contribution in [1.82, 2.24) is 9.88 Å². The van der Waals surface area contributed by atoms with Crippen molar-refractivity contribution in [1.29, 1.82) is 0 Å². The first-order valence-electron chi connectivity index (χ1n) is 9.99. The van der Waals surface area contributed by atoms with Gasteiger partial charge >= 0.3 is 0 Å². The van der Waals surface area contributed by atoms with Crippen molar-refractivity contribution >= 4 is 57.2 Å². The highest BCUT2D eigenvalue weighted by Gasteiger charge is 2.10. The number of aryl methyl sites for hydroxylation is 1. The van der Waals surface area contributed by atoms with Gasteiger partial charge in [0.05, 0.1) is 22.8 Å². The summed E-state index contributed by atoms with van der Waals surface area (Å²) < 4.78 is 0. The molecule has 164 valence electrons. The van der Waals surface area contributed by atoms with Gasteiger partial charge in [-0.1, -0.05) is 23.2 Å². The third-order valence-corrected chi connectivity index (χ3v) is 5.48. The monoisotopic (exact) mass is 459 g/mol. The molecule has 0 bridgehead atoms. The van der Waals surface area contributed by atoms with Crippen LogP contribution in [0.2, 0.25) is 10.0 Å². The van der Waals surface area contributed by atoms with E-state index in [-0.39, 0.29) is 12.5 Å². The Bertz CT molecular complexity index is 1090. The third kappa shape index (κ3) is 6.23. The highest BCUT2D eigenvalue weighted by molar-refractivity contribution is 6.36. The molecule has 3 aromatic rings. The number of hydrogen-bond acceptors (Lipinski definition) is 5. The molecule has 0 fully saturated rings. The second-order valence-electron chi connectivity index (χ2n) is 7.78. The Hall–Kier alpha value is -2.54. The van der Waals surface area contributed by atoms with Crippen LogP contribution >= 0.6 is 23.2 Å². The predicted molar refractivity (Wildman–Crippen MR) is 132 cm³/mol. The summed E-state index contributed by atoms with van der Waals surface area (Å²) in [5.74, 6) is 0.767. The fourth-order valence-electron chi connectivity index (χ4n) is 3.13. The summed E-state index contributed by atoms with van der Waals surface area (Å²) in [7, 11) is 6.16. The molecule has 1 heterocycles. The van der Waals surface area contributed by atoms with Crippen molar-refractivity contribution in [2.45, 2.75) is 6.92 Å². The van der Waals surface area contributed by atoms with Gasteiger partial charge in [-0.05, 0) is 69.0 Å². The number of anilines is 3. The van der Waals surface area contributed by atoms with Crippen molar-refractivity contribution in [2.75, 3.05) is 56.3 Å². The van der Waals surface area contributed by atoms with E-state index in [1.807, 2.05) is 25.2 Å². The van der Waals surface area contributed by atoms with Crippen LogP contribution in [-0.2, 0) is 4.79 Å². The molecule has 0 aliphatic carbocycles. The van der Waals surface area contributed by atoms with Crippen LogP contribution in [0.25, 0.3) is 10.9 Å². The molecule has 1 amide bonds. The van der Waals surface area contributed by atoms with Crippen molar-refractivity contribution in [2.24, 2.45) is 0 Å². The van der Waals surface area contributed by atoms with E-state index in [1.165, 1.54) is 0 Å². The number of carbonyl (C=O) groups excluding carboxylic acids is 1. The quantitative estimate of drug-likeness (QED) is 0.501. The molecule has 1 aromatic heterocycles. The Morgan fingerprint density at radius 1 is 1.03 bits per heavy atom. The van der Waals surface area contributed by atoms with E-state index in [2.05, 4.69) is 47.5 Å². The molecule has 8 heteroatoms. The number of amides is 1. The van der Waals surface area contributed by atoms with E-state index in [0.717, 1.165) is 41.1 Å². The fourth-order valence-corrected chi connectivity index (χ4v) is 3.60. The lowest BCUT2D eigenvalue weighted by Crippen LogP contribution is -2.29. The van der Waals surface area contributed by atoms with Crippen molar-refractivity contribution < 1.29 is 4.79 Å². The fraction of sp³-hybridized carbons (Fsp3) is 0.304. The minimum Gasteiger partial charge on any atom is -0.375 e. The van der Waals surface area contributed by atoms with Gasteiger partial charge in [0, 0.05) is 36.2 Å². The molecule has 3 rings (SSSR count). The van der Waals surface area contributed by atoms with Gasteiger partial charge in [0.15, 0.2) is 0 Å². The van der Waals surface area contributed by atoms with Gasteiger partial charge in [-0.15, -0.1) is 0 Å². The van der Waals surface area contributed by atoms with Crippen molar-refractivity contribution in [3.8, 4) is 0 Å². The van der Waals surface area contributed by atoms with Crippen LogP contribution in [0, 0.1) is 6.92 Å². The smallest absolute Gasteiger partial charge is 0.243 e. The molecule has 0 saturated heterocycles. The number of carbonyl (C=O) groups is 1. The first-order chi connectivity index (χ1) is 14.7. The number of fused-ring (bicyclic) bond motifs is 1. The zero-order valence-corrected chi connectivity index (χ0v) is 19.7. The van der Waals surface area contributed by atoms with Crippen molar-refractivity contribution in [3.63, 3.8) is 0 Å². The van der Waals surface area contributed by atoms with Gasteiger partial charge in [-0.25, -0.2) is 4.98 Å². The Kier molecular flexibility index (Phi) is 7.59. The number of likely N-dealkylation sites (N-methyl/N-ethyl adjacent to an activating group) is 2. The van der Waals surface area contributed by atoms with Gasteiger partial charge in [0.25, 0.3) is 0 Å². The van der Waals surface area contributed by atoms with Gasteiger partial charge in [0.2, 0.25) is 5.91 Å². The van der Waals surface area contributed by atoms with Gasteiger partial charge < -0.3 is 20.4 Å². The number of benzene rings is 2. The summed E-state index contributed by atoms with van der Waals surface area (Å²) >= 11 is 12.0. The molecule has 6 nitrogen and oxygen atoms in total. The second kappa shape index (κ2) is 10.2. The van der Waals surface area contributed by atoms with E-state index in [4.69, 9.17) is 28.2 Å². The summed E-state index contributed by atoms with van der Waals surface area (Å²) in [6, 6.07) is 12.9. The summed E-state index contributed by atoms with van der Waals surface area (Å²) in [6.07, 6.45) is 0. The molecule has 31 heavy (non-hydrogen) atoms. The van der Waals surface area contributed by atoms with E-state index >= 15 is 0 Å². The van der Waals surface area contributed by atoms with Crippen LogP contribution < -0.4 is 15.5 Å². The van der Waals surface area contributed by atoms with E-state index in [0.29, 0.717) is 15.7 Å². The van der Waals surface area contributed by atoms with Gasteiger partial charge in [0.1, 0.15) is 5.82 Å². The van der Waals surface area contributed by atoms with Crippen LogP contribution in [0.4, 0.5) is 17.2 Å². The van der Waals surface area contributed by atoms with Crippen LogP contribution in [0.1, 0.15) is 5.56 Å². The van der Waals surface area contributed by atoms with Crippen LogP contribution in [0.15, 0.2) is 42.5 Å². The molecule has 2 aromatic carbocycles. The van der Waals surface area contributed by atoms with Crippen LogP contribution in [-0.4, -0.2) is 56.6 Å². The Labute approximate surface area is 193 Å². The maximum absolute atomic E-state index is 12.4. The maximum atomic E-state index is 12.4. The summed E-state index contributed by atoms with van der Waals surface area (Å²) in [5, 5.41) is 7.97. The Balaban J connectivity index is 1.68. The Morgan fingerprint density at radius 2 is 1.81 bits per heavy atom. The number of aromatic nitrogens is 1. The maximum Gasteiger partial charge on any atom is 0.243 e. The molecule has 2 N–H and O–H groups in total. The highest BCUT2D eigenvalue weighted by Crippen LogP contribution is 2.26.